The summed E-state index contributed by atoms with van der Waals surface area (Å²) >= 11 is 0. The molecule has 72 valence electrons. The molecule has 3 atom stereocenters. The first-order valence-electron chi connectivity index (χ1n) is 4.77. The monoisotopic (exact) mass is 172 g/mol. The van der Waals surface area contributed by atoms with Gasteiger partial charge in [0.2, 0.25) is 0 Å². The highest BCUT2D eigenvalue weighted by atomic mass is 16.3. The normalized spacial score (nSPS) is 35.0. The molecule has 0 amide bonds. The summed E-state index contributed by atoms with van der Waals surface area (Å²) in [6.45, 7) is 6.77. The molecule has 0 spiro atoms. The molecule has 1 aliphatic rings. The Morgan fingerprint density at radius 3 is 2.83 bits per heavy atom. The second-order valence-electron chi connectivity index (χ2n) is 3.91. The highest BCUT2D eigenvalue weighted by Crippen LogP contribution is 2.18. The molecule has 0 aromatic heterocycles. The Hall–Kier alpha value is -0.120. The number of nitrogens with two attached hydrogens (primary N) is 1. The second-order valence-corrected chi connectivity index (χ2v) is 3.91. The fraction of sp³-hybridized carbons (Fsp3) is 1.00. The summed E-state index contributed by atoms with van der Waals surface area (Å²) in [6, 6.07) is 0.409. The maximum absolute atomic E-state index is 9.61. The Morgan fingerprint density at radius 1 is 1.67 bits per heavy atom. The molecule has 0 aliphatic carbocycles. The summed E-state index contributed by atoms with van der Waals surface area (Å²) in [6.07, 6.45) is 0.929. The molecule has 0 radical (unpaired) electrons. The topological polar surface area (TPSA) is 49.5 Å². The Bertz CT molecular complexity index is 140. The van der Waals surface area contributed by atoms with E-state index in [1.165, 1.54) is 0 Å². The van der Waals surface area contributed by atoms with E-state index in [0.29, 0.717) is 18.5 Å². The Labute approximate surface area is 74.5 Å². The SMILES string of the molecule is CC1CCN(C(C)CN)CC1O. The van der Waals surface area contributed by atoms with Gasteiger partial charge in [0.15, 0.2) is 0 Å². The Morgan fingerprint density at radius 2 is 2.33 bits per heavy atom. The number of likely N-dealkylation sites (tertiary alicyclic amines) is 1. The first-order chi connectivity index (χ1) is 5.65. The molecule has 0 aromatic rings. The first-order valence-corrected chi connectivity index (χ1v) is 4.77. The minimum atomic E-state index is -0.159. The van der Waals surface area contributed by atoms with Crippen LogP contribution in [0, 0.1) is 5.92 Å². The van der Waals surface area contributed by atoms with Crippen molar-refractivity contribution >= 4 is 0 Å². The van der Waals surface area contributed by atoms with Crippen molar-refractivity contribution in [2.24, 2.45) is 11.7 Å². The van der Waals surface area contributed by atoms with Crippen molar-refractivity contribution in [1.29, 1.82) is 0 Å². The molecule has 3 heteroatoms. The molecule has 1 aliphatic heterocycles. The van der Waals surface area contributed by atoms with Crippen molar-refractivity contribution in [2.75, 3.05) is 19.6 Å². The van der Waals surface area contributed by atoms with Crippen LogP contribution < -0.4 is 5.73 Å². The van der Waals surface area contributed by atoms with Crippen molar-refractivity contribution in [2.45, 2.75) is 32.4 Å². The van der Waals surface area contributed by atoms with Gasteiger partial charge in [0.1, 0.15) is 0 Å². The van der Waals surface area contributed by atoms with E-state index in [1.807, 2.05) is 0 Å². The number of β-amino-alcohol motifs (C(OH)–C–C–N with tert-alkyl or cyclic N) is 1. The van der Waals surface area contributed by atoms with Crippen LogP contribution in [0.5, 0.6) is 0 Å². The molecule has 3 N–H and O–H groups in total. The lowest BCUT2D eigenvalue weighted by molar-refractivity contribution is 0.0148. The summed E-state index contributed by atoms with van der Waals surface area (Å²) < 4.78 is 0. The smallest absolute Gasteiger partial charge is 0.0693 e. The zero-order valence-electron chi connectivity index (χ0n) is 8.03. The number of hydrogen-bond donors (Lipinski definition) is 2. The minimum Gasteiger partial charge on any atom is -0.392 e. The highest BCUT2D eigenvalue weighted by molar-refractivity contribution is 4.80. The van der Waals surface area contributed by atoms with Gasteiger partial charge < -0.3 is 10.8 Å². The molecule has 0 aromatic carbocycles. The highest BCUT2D eigenvalue weighted by Gasteiger charge is 2.26. The van der Waals surface area contributed by atoms with Gasteiger partial charge in [-0.25, -0.2) is 0 Å². The molecule has 1 heterocycles. The summed E-state index contributed by atoms with van der Waals surface area (Å²) in [5.74, 6) is 0.450. The molecular formula is C9H20N2O. The molecule has 12 heavy (non-hydrogen) atoms. The van der Waals surface area contributed by atoms with Crippen LogP contribution in [-0.4, -0.2) is 41.8 Å². The molecular weight excluding hydrogens is 152 g/mol. The fourth-order valence-corrected chi connectivity index (χ4v) is 1.62. The lowest BCUT2D eigenvalue weighted by Crippen LogP contribution is -2.49. The molecule has 1 fully saturated rings. The van der Waals surface area contributed by atoms with E-state index >= 15 is 0 Å². The third kappa shape index (κ3) is 2.19. The number of hydrogen-bond acceptors (Lipinski definition) is 3. The van der Waals surface area contributed by atoms with Crippen LogP contribution in [0.25, 0.3) is 0 Å². The number of aliphatic hydroxyl groups excluding tert-OH is 1. The Kier molecular flexibility index (Phi) is 3.50. The van der Waals surface area contributed by atoms with E-state index in [9.17, 15) is 5.11 Å². The van der Waals surface area contributed by atoms with Crippen LogP contribution >= 0.6 is 0 Å². The molecule has 1 rings (SSSR count). The lowest BCUT2D eigenvalue weighted by Gasteiger charge is -2.37. The van der Waals surface area contributed by atoms with Crippen LogP contribution in [0.15, 0.2) is 0 Å². The number of rotatable bonds is 2. The van der Waals surface area contributed by atoms with E-state index in [2.05, 4.69) is 18.7 Å². The lowest BCUT2D eigenvalue weighted by atomic mass is 9.95. The molecule has 3 unspecified atom stereocenters. The zero-order chi connectivity index (χ0) is 9.14. The van der Waals surface area contributed by atoms with Gasteiger partial charge in [-0.2, -0.15) is 0 Å². The summed E-state index contributed by atoms with van der Waals surface area (Å²) in [5, 5.41) is 9.61. The van der Waals surface area contributed by atoms with E-state index in [0.717, 1.165) is 19.5 Å². The third-order valence-corrected chi connectivity index (χ3v) is 2.91. The van der Waals surface area contributed by atoms with Gasteiger partial charge in [0.05, 0.1) is 6.10 Å². The van der Waals surface area contributed by atoms with Crippen LogP contribution in [0.1, 0.15) is 20.3 Å². The number of aliphatic hydroxyl groups is 1. The first kappa shape index (κ1) is 9.96. The van der Waals surface area contributed by atoms with Gasteiger partial charge >= 0.3 is 0 Å². The predicted molar refractivity (Wildman–Crippen MR) is 49.9 cm³/mol. The number of piperidine rings is 1. The molecule has 1 saturated heterocycles. The predicted octanol–water partition coefficient (Wildman–Crippen LogP) is 0.0363. The van der Waals surface area contributed by atoms with Crippen molar-refractivity contribution < 1.29 is 5.11 Å². The van der Waals surface area contributed by atoms with Crippen LogP contribution in [0.3, 0.4) is 0 Å². The summed E-state index contributed by atoms with van der Waals surface area (Å²) in [7, 11) is 0. The maximum atomic E-state index is 9.61. The largest absolute Gasteiger partial charge is 0.392 e. The van der Waals surface area contributed by atoms with Gasteiger partial charge in [-0.3, -0.25) is 4.90 Å². The van der Waals surface area contributed by atoms with Crippen molar-refractivity contribution in [3.05, 3.63) is 0 Å². The minimum absolute atomic E-state index is 0.159. The molecule has 0 saturated carbocycles. The van der Waals surface area contributed by atoms with Crippen LogP contribution in [0.4, 0.5) is 0 Å². The Balaban J connectivity index is 2.39. The zero-order valence-corrected chi connectivity index (χ0v) is 8.03. The van der Waals surface area contributed by atoms with E-state index in [1.54, 1.807) is 0 Å². The number of nitrogens with zero attached hydrogens (tertiary/aromatic N) is 1. The van der Waals surface area contributed by atoms with Crippen LogP contribution in [-0.2, 0) is 0 Å². The average molecular weight is 172 g/mol. The fourth-order valence-electron chi connectivity index (χ4n) is 1.62. The quantitative estimate of drug-likeness (QED) is 0.618. The third-order valence-electron chi connectivity index (χ3n) is 2.91. The van der Waals surface area contributed by atoms with Crippen molar-refractivity contribution in [3.8, 4) is 0 Å². The second kappa shape index (κ2) is 4.21. The van der Waals surface area contributed by atoms with Gasteiger partial charge in [-0.15, -0.1) is 0 Å². The summed E-state index contributed by atoms with van der Waals surface area (Å²) in [5.41, 5.74) is 5.56. The van der Waals surface area contributed by atoms with Crippen LogP contribution in [0.2, 0.25) is 0 Å². The molecule has 0 bridgehead atoms. The van der Waals surface area contributed by atoms with Gasteiger partial charge in [0, 0.05) is 19.1 Å². The van der Waals surface area contributed by atoms with Crippen molar-refractivity contribution in [3.63, 3.8) is 0 Å². The van der Waals surface area contributed by atoms with Gasteiger partial charge in [0.25, 0.3) is 0 Å². The van der Waals surface area contributed by atoms with Gasteiger partial charge in [-0.1, -0.05) is 6.92 Å². The van der Waals surface area contributed by atoms with Gasteiger partial charge in [-0.05, 0) is 25.8 Å². The van der Waals surface area contributed by atoms with E-state index in [-0.39, 0.29) is 6.10 Å². The summed E-state index contributed by atoms with van der Waals surface area (Å²) in [4.78, 5) is 2.27. The van der Waals surface area contributed by atoms with E-state index in [4.69, 9.17) is 5.73 Å². The van der Waals surface area contributed by atoms with Crippen molar-refractivity contribution in [1.82, 2.24) is 4.90 Å². The standard InChI is InChI=1S/C9H20N2O/c1-7-3-4-11(6-9(7)12)8(2)5-10/h7-9,12H,3-6,10H2,1-2H3. The average Bonchev–Trinajstić information content (AvgIpc) is 2.08. The maximum Gasteiger partial charge on any atom is 0.0693 e. The van der Waals surface area contributed by atoms with E-state index < -0.39 is 0 Å². The molecule has 3 nitrogen and oxygen atoms in total.